The van der Waals surface area contributed by atoms with E-state index < -0.39 is 0 Å². The average molecular weight is 347 g/mol. The van der Waals surface area contributed by atoms with E-state index in [1.807, 2.05) is 18.2 Å². The molecular formula is C21H21N3O2. The number of amides is 1. The first-order valence-electron chi connectivity index (χ1n) is 8.91. The van der Waals surface area contributed by atoms with Crippen molar-refractivity contribution in [3.63, 3.8) is 0 Å². The molecule has 1 aliphatic rings. The molecule has 5 heteroatoms. The number of carbonyl (C=O) groups is 1. The summed E-state index contributed by atoms with van der Waals surface area (Å²) in [4.78, 5) is 16.8. The highest BCUT2D eigenvalue weighted by Crippen LogP contribution is 2.43. The van der Waals surface area contributed by atoms with Crippen molar-refractivity contribution >= 4 is 5.91 Å². The Labute approximate surface area is 152 Å². The minimum Gasteiger partial charge on any atom is -0.351 e. The second-order valence-corrected chi connectivity index (χ2v) is 6.91. The zero-order valence-corrected chi connectivity index (χ0v) is 14.7. The van der Waals surface area contributed by atoms with Gasteiger partial charge in [0.2, 0.25) is 0 Å². The SMILES string of the molecule is Cc1noc(-c2ccc(C(=O)NCC3(c4ccccc4)CCC3)cc2)n1. The number of hydrogen-bond acceptors (Lipinski definition) is 4. The van der Waals surface area contributed by atoms with Crippen molar-refractivity contribution in [3.8, 4) is 11.5 Å². The maximum absolute atomic E-state index is 12.6. The largest absolute Gasteiger partial charge is 0.351 e. The Morgan fingerprint density at radius 1 is 1.12 bits per heavy atom. The number of carbonyl (C=O) groups excluding carboxylic acids is 1. The van der Waals surface area contributed by atoms with Crippen LogP contribution >= 0.6 is 0 Å². The molecule has 0 atom stereocenters. The number of nitrogens with one attached hydrogen (secondary N) is 1. The van der Waals surface area contributed by atoms with Crippen molar-refractivity contribution in [1.82, 2.24) is 15.5 Å². The Hall–Kier alpha value is -2.95. The molecule has 26 heavy (non-hydrogen) atoms. The first kappa shape index (κ1) is 16.5. The fourth-order valence-electron chi connectivity index (χ4n) is 3.49. The van der Waals surface area contributed by atoms with Gasteiger partial charge in [0, 0.05) is 23.1 Å². The molecule has 5 nitrogen and oxygen atoms in total. The maximum atomic E-state index is 12.6. The van der Waals surface area contributed by atoms with Gasteiger partial charge in [0.25, 0.3) is 11.8 Å². The van der Waals surface area contributed by atoms with Crippen LogP contribution in [0.1, 0.15) is 41.0 Å². The molecule has 0 unspecified atom stereocenters. The minimum atomic E-state index is -0.0551. The van der Waals surface area contributed by atoms with E-state index in [0.717, 1.165) is 18.4 Å². The van der Waals surface area contributed by atoms with E-state index in [0.29, 0.717) is 23.8 Å². The molecule has 0 saturated heterocycles. The van der Waals surface area contributed by atoms with Gasteiger partial charge in [-0.25, -0.2) is 0 Å². The minimum absolute atomic E-state index is 0.0551. The van der Waals surface area contributed by atoms with Gasteiger partial charge in [0.15, 0.2) is 5.82 Å². The monoisotopic (exact) mass is 347 g/mol. The van der Waals surface area contributed by atoms with Crippen LogP contribution < -0.4 is 5.32 Å². The lowest BCUT2D eigenvalue weighted by atomic mass is 9.64. The molecule has 0 spiro atoms. The number of nitrogens with zero attached hydrogens (tertiary/aromatic N) is 2. The predicted octanol–water partition coefficient (Wildman–Crippen LogP) is 3.90. The van der Waals surface area contributed by atoms with Crippen molar-refractivity contribution in [1.29, 1.82) is 0 Å². The van der Waals surface area contributed by atoms with E-state index >= 15 is 0 Å². The van der Waals surface area contributed by atoms with Crippen molar-refractivity contribution in [2.45, 2.75) is 31.6 Å². The van der Waals surface area contributed by atoms with Gasteiger partial charge < -0.3 is 9.84 Å². The maximum Gasteiger partial charge on any atom is 0.257 e. The van der Waals surface area contributed by atoms with Crippen LogP contribution in [0, 0.1) is 6.92 Å². The fourth-order valence-corrected chi connectivity index (χ4v) is 3.49. The lowest BCUT2D eigenvalue weighted by molar-refractivity contribution is 0.0928. The standard InChI is InChI=1S/C21H21N3O2/c1-15-23-20(26-24-15)17-10-8-16(9-11-17)19(25)22-14-21(12-5-13-21)18-6-3-2-4-7-18/h2-4,6-11H,5,12-14H2,1H3,(H,22,25). The van der Waals surface area contributed by atoms with Gasteiger partial charge in [-0.1, -0.05) is 41.9 Å². The number of hydrogen-bond donors (Lipinski definition) is 1. The van der Waals surface area contributed by atoms with E-state index in [1.165, 1.54) is 12.0 Å². The van der Waals surface area contributed by atoms with Crippen LogP contribution in [-0.4, -0.2) is 22.6 Å². The lowest BCUT2D eigenvalue weighted by Crippen LogP contribution is -2.45. The molecule has 1 heterocycles. The highest BCUT2D eigenvalue weighted by molar-refractivity contribution is 5.94. The van der Waals surface area contributed by atoms with Crippen molar-refractivity contribution in [3.05, 3.63) is 71.5 Å². The zero-order chi connectivity index (χ0) is 18.0. The number of aromatic nitrogens is 2. The molecule has 0 aliphatic heterocycles. The summed E-state index contributed by atoms with van der Waals surface area (Å²) in [5.74, 6) is 1.00. The van der Waals surface area contributed by atoms with Crippen LogP contribution in [0.15, 0.2) is 59.1 Å². The van der Waals surface area contributed by atoms with Gasteiger partial charge in [-0.2, -0.15) is 4.98 Å². The summed E-state index contributed by atoms with van der Waals surface area (Å²) < 4.78 is 5.15. The van der Waals surface area contributed by atoms with Crippen molar-refractivity contribution in [2.24, 2.45) is 0 Å². The summed E-state index contributed by atoms with van der Waals surface area (Å²) in [7, 11) is 0. The average Bonchev–Trinajstić information content (AvgIpc) is 3.08. The highest BCUT2D eigenvalue weighted by atomic mass is 16.5. The van der Waals surface area contributed by atoms with E-state index in [9.17, 15) is 4.79 Å². The summed E-state index contributed by atoms with van der Waals surface area (Å²) >= 11 is 0. The molecule has 1 saturated carbocycles. The first-order valence-corrected chi connectivity index (χ1v) is 8.91. The van der Waals surface area contributed by atoms with Crippen LogP contribution in [0.5, 0.6) is 0 Å². The molecule has 0 radical (unpaired) electrons. The van der Waals surface area contributed by atoms with Crippen LogP contribution in [0.2, 0.25) is 0 Å². The van der Waals surface area contributed by atoms with Crippen molar-refractivity contribution in [2.75, 3.05) is 6.54 Å². The number of benzene rings is 2. The summed E-state index contributed by atoms with van der Waals surface area (Å²) in [5.41, 5.74) is 2.83. The predicted molar refractivity (Wildman–Crippen MR) is 98.8 cm³/mol. The topological polar surface area (TPSA) is 68.0 Å². The van der Waals surface area contributed by atoms with Gasteiger partial charge in [-0.3, -0.25) is 4.79 Å². The molecule has 1 aromatic heterocycles. The molecule has 1 fully saturated rings. The smallest absolute Gasteiger partial charge is 0.257 e. The Bertz CT molecular complexity index is 897. The van der Waals surface area contributed by atoms with Gasteiger partial charge in [-0.05, 0) is 49.6 Å². The third-order valence-electron chi connectivity index (χ3n) is 5.21. The molecule has 3 aromatic rings. The quantitative estimate of drug-likeness (QED) is 0.760. The van der Waals surface area contributed by atoms with Crippen LogP contribution in [-0.2, 0) is 5.41 Å². The Morgan fingerprint density at radius 3 is 2.42 bits per heavy atom. The third kappa shape index (κ3) is 3.12. The summed E-state index contributed by atoms with van der Waals surface area (Å²) in [5, 5.41) is 6.90. The molecule has 1 N–H and O–H groups in total. The van der Waals surface area contributed by atoms with E-state index in [1.54, 1.807) is 19.1 Å². The molecule has 4 rings (SSSR count). The van der Waals surface area contributed by atoms with Gasteiger partial charge >= 0.3 is 0 Å². The van der Waals surface area contributed by atoms with Gasteiger partial charge in [0.05, 0.1) is 0 Å². The second-order valence-electron chi connectivity index (χ2n) is 6.91. The summed E-state index contributed by atoms with van der Waals surface area (Å²) in [6.07, 6.45) is 3.45. The molecular weight excluding hydrogens is 326 g/mol. The fraction of sp³-hybridized carbons (Fsp3) is 0.286. The van der Waals surface area contributed by atoms with Gasteiger partial charge in [-0.15, -0.1) is 0 Å². The summed E-state index contributed by atoms with van der Waals surface area (Å²) in [6.45, 7) is 2.44. The lowest BCUT2D eigenvalue weighted by Gasteiger charge is -2.42. The molecule has 0 bridgehead atoms. The molecule has 2 aromatic carbocycles. The van der Waals surface area contributed by atoms with Crippen LogP contribution in [0.25, 0.3) is 11.5 Å². The second kappa shape index (κ2) is 6.75. The van der Waals surface area contributed by atoms with E-state index in [4.69, 9.17) is 4.52 Å². The van der Waals surface area contributed by atoms with Crippen LogP contribution in [0.4, 0.5) is 0 Å². The summed E-state index contributed by atoms with van der Waals surface area (Å²) in [6, 6.07) is 17.7. The normalized spacial score (nSPS) is 15.3. The van der Waals surface area contributed by atoms with Crippen molar-refractivity contribution < 1.29 is 9.32 Å². The van der Waals surface area contributed by atoms with Crippen LogP contribution in [0.3, 0.4) is 0 Å². The molecule has 1 amide bonds. The Balaban J connectivity index is 1.43. The number of aryl methyl sites for hydroxylation is 1. The highest BCUT2D eigenvalue weighted by Gasteiger charge is 2.38. The number of rotatable bonds is 5. The molecule has 1 aliphatic carbocycles. The zero-order valence-electron chi connectivity index (χ0n) is 14.7. The Morgan fingerprint density at radius 2 is 1.85 bits per heavy atom. The van der Waals surface area contributed by atoms with E-state index in [2.05, 4.69) is 39.7 Å². The molecule has 132 valence electrons. The van der Waals surface area contributed by atoms with Gasteiger partial charge in [0.1, 0.15) is 0 Å². The third-order valence-corrected chi connectivity index (χ3v) is 5.21. The Kier molecular flexibility index (Phi) is 4.29. The first-order chi connectivity index (χ1) is 12.7. The van der Waals surface area contributed by atoms with E-state index in [-0.39, 0.29) is 11.3 Å².